The van der Waals surface area contributed by atoms with E-state index in [0.717, 1.165) is 19.6 Å². The molecule has 1 aromatic rings. The number of β-amino-alcohol motifs (C(OH)–C–C–N with tert-alkyl or cyclic N) is 1. The van der Waals surface area contributed by atoms with Crippen LogP contribution in [0.1, 0.15) is 45.3 Å². The summed E-state index contributed by atoms with van der Waals surface area (Å²) < 4.78 is 2.32. The zero-order valence-corrected chi connectivity index (χ0v) is 14.7. The number of hydrogen-bond donors (Lipinski definition) is 1. The van der Waals surface area contributed by atoms with Crippen molar-refractivity contribution in [3.8, 4) is 0 Å². The van der Waals surface area contributed by atoms with Crippen LogP contribution in [0.3, 0.4) is 0 Å². The number of rotatable bonds is 4. The summed E-state index contributed by atoms with van der Waals surface area (Å²) in [5.41, 5.74) is 0.757. The molecule has 1 saturated carbocycles. The third-order valence-corrected chi connectivity index (χ3v) is 4.93. The molecule has 1 saturated heterocycles. The van der Waals surface area contributed by atoms with E-state index in [9.17, 15) is 5.11 Å². The molecule has 21 heavy (non-hydrogen) atoms. The fourth-order valence-corrected chi connectivity index (χ4v) is 3.36. The molecule has 1 aliphatic heterocycles. The van der Waals surface area contributed by atoms with E-state index in [1.165, 1.54) is 18.5 Å². The molecule has 2 fully saturated rings. The van der Waals surface area contributed by atoms with E-state index in [0.29, 0.717) is 17.9 Å². The van der Waals surface area contributed by atoms with Gasteiger partial charge in [0.25, 0.3) is 0 Å². The summed E-state index contributed by atoms with van der Waals surface area (Å²) in [6.45, 7) is 9.07. The fraction of sp³-hybridized carbons (Fsp3) is 0.800. The lowest BCUT2D eigenvalue weighted by atomic mass is 9.82. The predicted molar refractivity (Wildman–Crippen MR) is 89.2 cm³/mol. The zero-order valence-electron chi connectivity index (χ0n) is 13.0. The maximum Gasteiger partial charge on any atom is 0.0951 e. The molecular formula is C15H27Cl2N3O. The van der Waals surface area contributed by atoms with Gasteiger partial charge in [-0.2, -0.15) is 0 Å². The van der Waals surface area contributed by atoms with Gasteiger partial charge in [-0.3, -0.25) is 4.90 Å². The Balaban J connectivity index is 0.00000110. The van der Waals surface area contributed by atoms with Crippen LogP contribution in [-0.2, 0) is 6.54 Å². The maximum absolute atomic E-state index is 10.8. The number of hydrogen-bond acceptors (Lipinski definition) is 3. The second-order valence-electron chi connectivity index (χ2n) is 6.74. The van der Waals surface area contributed by atoms with Crippen LogP contribution in [0, 0.1) is 11.8 Å². The quantitative estimate of drug-likeness (QED) is 0.919. The number of nitrogens with zero attached hydrogens (tertiary/aromatic N) is 3. The molecule has 4 nitrogen and oxygen atoms in total. The molecule has 1 N–H and O–H groups in total. The minimum Gasteiger partial charge on any atom is -0.388 e. The zero-order chi connectivity index (χ0) is 13.6. The molecule has 0 amide bonds. The fourth-order valence-electron chi connectivity index (χ4n) is 3.36. The van der Waals surface area contributed by atoms with Crippen LogP contribution in [0.25, 0.3) is 0 Å². The number of halogens is 2. The smallest absolute Gasteiger partial charge is 0.0951 e. The number of likely N-dealkylation sites (tertiary alicyclic amines) is 1. The van der Waals surface area contributed by atoms with Crippen LogP contribution in [0.15, 0.2) is 12.5 Å². The topological polar surface area (TPSA) is 41.3 Å². The second-order valence-corrected chi connectivity index (χ2v) is 6.74. The Bertz CT molecular complexity index is 462. The molecule has 2 heterocycles. The molecule has 2 atom stereocenters. The lowest BCUT2D eigenvalue weighted by Gasteiger charge is -2.31. The van der Waals surface area contributed by atoms with Gasteiger partial charge in [-0.25, -0.2) is 4.98 Å². The van der Waals surface area contributed by atoms with Crippen LogP contribution in [0.2, 0.25) is 0 Å². The van der Waals surface area contributed by atoms with Gasteiger partial charge in [0.2, 0.25) is 0 Å². The first kappa shape index (κ1) is 18.8. The van der Waals surface area contributed by atoms with Crippen molar-refractivity contribution in [2.75, 3.05) is 13.1 Å². The summed E-state index contributed by atoms with van der Waals surface area (Å²) in [5, 5.41) is 10.8. The van der Waals surface area contributed by atoms with Gasteiger partial charge < -0.3 is 9.67 Å². The molecule has 0 spiro atoms. The molecule has 1 aliphatic carbocycles. The average molecular weight is 336 g/mol. The normalized spacial score (nSPS) is 29.3. The Morgan fingerprint density at radius 2 is 2.05 bits per heavy atom. The van der Waals surface area contributed by atoms with Crippen LogP contribution >= 0.6 is 24.8 Å². The number of imidazole rings is 1. The minimum atomic E-state index is -0.537. The van der Waals surface area contributed by atoms with Crippen molar-refractivity contribution in [2.45, 2.75) is 51.8 Å². The lowest BCUT2D eigenvalue weighted by molar-refractivity contribution is -0.0256. The van der Waals surface area contributed by atoms with Crippen molar-refractivity contribution in [1.29, 1.82) is 0 Å². The molecule has 0 radical (unpaired) electrons. The highest BCUT2D eigenvalue weighted by atomic mass is 35.5. The van der Waals surface area contributed by atoms with Crippen molar-refractivity contribution in [3.63, 3.8) is 0 Å². The van der Waals surface area contributed by atoms with E-state index in [1.54, 1.807) is 0 Å². The van der Waals surface area contributed by atoms with E-state index < -0.39 is 5.60 Å². The largest absolute Gasteiger partial charge is 0.388 e. The second kappa shape index (κ2) is 6.86. The van der Waals surface area contributed by atoms with E-state index in [-0.39, 0.29) is 24.8 Å². The monoisotopic (exact) mass is 335 g/mol. The van der Waals surface area contributed by atoms with Gasteiger partial charge in [0.15, 0.2) is 0 Å². The van der Waals surface area contributed by atoms with Crippen molar-refractivity contribution in [1.82, 2.24) is 14.5 Å². The number of aliphatic hydroxyl groups is 1. The SMILES string of the molecule is CC(C)[C@]1(O)CN(Cc2cncn2C2CC2)C[C@H]1C.Cl.Cl. The molecule has 0 aromatic carbocycles. The van der Waals surface area contributed by atoms with E-state index in [2.05, 4.69) is 35.2 Å². The van der Waals surface area contributed by atoms with Crippen LogP contribution in [0.5, 0.6) is 0 Å². The Morgan fingerprint density at radius 1 is 1.38 bits per heavy atom. The Kier molecular flexibility index (Phi) is 6.13. The highest BCUT2D eigenvalue weighted by molar-refractivity contribution is 5.85. The standard InChI is InChI=1S/C15H25N3O.2ClH/c1-11(2)15(19)9-17(7-12(15)3)8-14-6-16-10-18(14)13-4-5-13;;/h6,10-13,19H,4-5,7-9H2,1-3H3;2*1H/t12-,15-;;/m1../s1. The van der Waals surface area contributed by atoms with Crippen LogP contribution in [0.4, 0.5) is 0 Å². The van der Waals surface area contributed by atoms with Crippen LogP contribution in [-0.4, -0.2) is 38.2 Å². The molecular weight excluding hydrogens is 309 g/mol. The summed E-state index contributed by atoms with van der Waals surface area (Å²) in [7, 11) is 0. The summed E-state index contributed by atoms with van der Waals surface area (Å²) in [4.78, 5) is 6.67. The van der Waals surface area contributed by atoms with E-state index in [1.807, 2.05) is 12.5 Å². The third-order valence-electron chi connectivity index (χ3n) is 4.93. The molecule has 0 unspecified atom stereocenters. The van der Waals surface area contributed by atoms with Crippen LogP contribution < -0.4 is 0 Å². The van der Waals surface area contributed by atoms with Gasteiger partial charge >= 0.3 is 0 Å². The molecule has 6 heteroatoms. The van der Waals surface area contributed by atoms with E-state index in [4.69, 9.17) is 0 Å². The minimum absolute atomic E-state index is 0. The first-order valence-electron chi connectivity index (χ1n) is 7.46. The summed E-state index contributed by atoms with van der Waals surface area (Å²) in [5.74, 6) is 0.644. The van der Waals surface area contributed by atoms with Gasteiger partial charge in [-0.15, -0.1) is 24.8 Å². The third kappa shape index (κ3) is 3.55. The maximum atomic E-state index is 10.8. The Morgan fingerprint density at radius 3 is 2.57 bits per heavy atom. The predicted octanol–water partition coefficient (Wildman–Crippen LogP) is 2.90. The summed E-state index contributed by atoms with van der Waals surface area (Å²) >= 11 is 0. The lowest BCUT2D eigenvalue weighted by Crippen LogP contribution is -2.42. The molecule has 122 valence electrons. The summed E-state index contributed by atoms with van der Waals surface area (Å²) in [6, 6.07) is 0.682. The average Bonchev–Trinajstić information content (AvgIpc) is 3.02. The highest BCUT2D eigenvalue weighted by Crippen LogP contribution is 2.37. The Labute approximate surface area is 139 Å². The molecule has 0 bridgehead atoms. The van der Waals surface area contributed by atoms with Gasteiger partial charge in [0.1, 0.15) is 0 Å². The molecule has 2 aliphatic rings. The Hall–Kier alpha value is -0.290. The summed E-state index contributed by atoms with van der Waals surface area (Å²) in [6.07, 6.45) is 6.52. The van der Waals surface area contributed by atoms with Gasteiger partial charge in [0, 0.05) is 31.9 Å². The van der Waals surface area contributed by atoms with Crippen molar-refractivity contribution in [2.24, 2.45) is 11.8 Å². The molecule has 1 aromatic heterocycles. The van der Waals surface area contributed by atoms with Crippen molar-refractivity contribution in [3.05, 3.63) is 18.2 Å². The van der Waals surface area contributed by atoms with Gasteiger partial charge in [-0.1, -0.05) is 20.8 Å². The van der Waals surface area contributed by atoms with Crippen molar-refractivity contribution < 1.29 is 5.11 Å². The van der Waals surface area contributed by atoms with E-state index >= 15 is 0 Å². The van der Waals surface area contributed by atoms with Gasteiger partial charge in [-0.05, 0) is 24.7 Å². The first-order chi connectivity index (χ1) is 9.00. The molecule has 3 rings (SSSR count). The van der Waals surface area contributed by atoms with Gasteiger partial charge in [0.05, 0.1) is 17.6 Å². The number of aromatic nitrogens is 2. The first-order valence-corrected chi connectivity index (χ1v) is 7.46. The van der Waals surface area contributed by atoms with Crippen molar-refractivity contribution >= 4 is 24.8 Å². The highest BCUT2D eigenvalue weighted by Gasteiger charge is 2.44.